The highest BCUT2D eigenvalue weighted by molar-refractivity contribution is 7.99. The first-order valence-corrected chi connectivity index (χ1v) is 10.2. The fourth-order valence-electron chi connectivity index (χ4n) is 2.48. The standard InChI is InChI=1S/C17H18N2O5S2/c1-23-14-5-3-11(9-15(14)24-2)19-26(21,22)12-4-6-16-13(10-12)18-17(20)7-8-25-16/h3-6,9-10,19H,7-8H2,1-2H3,(H,18,20). The minimum atomic E-state index is -3.83. The molecule has 1 aliphatic rings. The monoisotopic (exact) mass is 394 g/mol. The Kier molecular flexibility index (Phi) is 5.28. The summed E-state index contributed by atoms with van der Waals surface area (Å²) in [6, 6.07) is 9.43. The van der Waals surface area contributed by atoms with Crippen molar-refractivity contribution in [2.75, 3.05) is 30.0 Å². The zero-order valence-electron chi connectivity index (χ0n) is 14.2. The summed E-state index contributed by atoms with van der Waals surface area (Å²) in [5.41, 5.74) is 0.851. The molecule has 2 aromatic rings. The molecule has 1 aliphatic heterocycles. The van der Waals surface area contributed by atoms with E-state index in [-0.39, 0.29) is 10.8 Å². The van der Waals surface area contributed by atoms with Crippen molar-refractivity contribution in [2.24, 2.45) is 0 Å². The van der Waals surface area contributed by atoms with Gasteiger partial charge in [-0.25, -0.2) is 8.42 Å². The molecule has 0 saturated heterocycles. The van der Waals surface area contributed by atoms with Gasteiger partial charge >= 0.3 is 0 Å². The molecule has 1 amide bonds. The minimum Gasteiger partial charge on any atom is -0.493 e. The van der Waals surface area contributed by atoms with E-state index in [4.69, 9.17) is 9.47 Å². The summed E-state index contributed by atoms with van der Waals surface area (Å²) in [4.78, 5) is 12.6. The van der Waals surface area contributed by atoms with Gasteiger partial charge in [-0.2, -0.15) is 0 Å². The summed E-state index contributed by atoms with van der Waals surface area (Å²) in [6.45, 7) is 0. The second kappa shape index (κ2) is 7.46. The third-order valence-electron chi connectivity index (χ3n) is 3.76. The SMILES string of the molecule is COc1ccc(NS(=O)(=O)c2ccc3c(c2)NC(=O)CCS3)cc1OC. The predicted molar refractivity (Wildman–Crippen MR) is 101 cm³/mol. The van der Waals surface area contributed by atoms with Crippen molar-refractivity contribution >= 4 is 39.1 Å². The number of hydrogen-bond donors (Lipinski definition) is 2. The van der Waals surface area contributed by atoms with Crippen LogP contribution in [-0.4, -0.2) is 34.3 Å². The molecule has 0 aliphatic carbocycles. The molecule has 0 saturated carbocycles. The van der Waals surface area contributed by atoms with E-state index >= 15 is 0 Å². The molecule has 0 fully saturated rings. The molecule has 0 unspecified atom stereocenters. The molecule has 0 aromatic heterocycles. The van der Waals surface area contributed by atoms with Gasteiger partial charge in [-0.15, -0.1) is 11.8 Å². The summed E-state index contributed by atoms with van der Waals surface area (Å²) >= 11 is 1.52. The summed E-state index contributed by atoms with van der Waals surface area (Å²) in [7, 11) is -0.849. The topological polar surface area (TPSA) is 93.7 Å². The number of ether oxygens (including phenoxy) is 2. The third-order valence-corrected chi connectivity index (χ3v) is 6.21. The molecule has 7 nitrogen and oxygen atoms in total. The lowest BCUT2D eigenvalue weighted by molar-refractivity contribution is -0.115. The van der Waals surface area contributed by atoms with Crippen LogP contribution in [0, 0.1) is 0 Å². The first kappa shape index (κ1) is 18.4. The van der Waals surface area contributed by atoms with Crippen molar-refractivity contribution in [3.05, 3.63) is 36.4 Å². The van der Waals surface area contributed by atoms with Gasteiger partial charge in [-0.1, -0.05) is 0 Å². The summed E-state index contributed by atoms with van der Waals surface area (Å²) < 4.78 is 38.3. The number of fused-ring (bicyclic) bond motifs is 1. The molecule has 0 atom stereocenters. The zero-order chi connectivity index (χ0) is 18.7. The van der Waals surface area contributed by atoms with Crippen LogP contribution in [0.2, 0.25) is 0 Å². The number of hydrogen-bond acceptors (Lipinski definition) is 6. The molecule has 138 valence electrons. The van der Waals surface area contributed by atoms with Crippen LogP contribution in [-0.2, 0) is 14.8 Å². The number of benzene rings is 2. The summed E-state index contributed by atoms with van der Waals surface area (Å²) in [5.74, 6) is 1.45. The Morgan fingerprint density at radius 1 is 1.08 bits per heavy atom. The normalized spacial score (nSPS) is 14.0. The Bertz CT molecular complexity index is 944. The van der Waals surface area contributed by atoms with Gasteiger partial charge in [0.05, 0.1) is 30.5 Å². The Hall–Kier alpha value is -2.39. The van der Waals surface area contributed by atoms with Gasteiger partial charge in [0, 0.05) is 23.1 Å². The Labute approximate surface area is 156 Å². The lowest BCUT2D eigenvalue weighted by atomic mass is 10.3. The van der Waals surface area contributed by atoms with E-state index in [2.05, 4.69) is 10.0 Å². The Morgan fingerprint density at radius 2 is 1.85 bits per heavy atom. The highest BCUT2D eigenvalue weighted by atomic mass is 32.2. The molecule has 2 aromatic carbocycles. The van der Waals surface area contributed by atoms with Crippen molar-refractivity contribution in [3.63, 3.8) is 0 Å². The lowest BCUT2D eigenvalue weighted by Gasteiger charge is -2.13. The van der Waals surface area contributed by atoms with E-state index in [9.17, 15) is 13.2 Å². The molecule has 0 radical (unpaired) electrons. The quantitative estimate of drug-likeness (QED) is 0.810. The highest BCUT2D eigenvalue weighted by Gasteiger charge is 2.20. The van der Waals surface area contributed by atoms with E-state index in [0.29, 0.717) is 35.0 Å². The average molecular weight is 394 g/mol. The summed E-state index contributed by atoms with van der Waals surface area (Å²) in [5, 5.41) is 2.74. The van der Waals surface area contributed by atoms with Crippen molar-refractivity contribution in [3.8, 4) is 11.5 Å². The van der Waals surface area contributed by atoms with Gasteiger partial charge in [-0.3, -0.25) is 9.52 Å². The van der Waals surface area contributed by atoms with E-state index in [1.165, 1.54) is 44.2 Å². The number of thioether (sulfide) groups is 1. The van der Waals surface area contributed by atoms with Gasteiger partial charge in [0.1, 0.15) is 0 Å². The maximum atomic E-state index is 12.7. The van der Waals surface area contributed by atoms with Crippen LogP contribution in [0.5, 0.6) is 11.5 Å². The average Bonchev–Trinajstić information content (AvgIpc) is 2.81. The number of amides is 1. The van der Waals surface area contributed by atoms with Gasteiger partial charge in [0.2, 0.25) is 5.91 Å². The Morgan fingerprint density at radius 3 is 2.58 bits per heavy atom. The Balaban J connectivity index is 1.90. The fraction of sp³-hybridized carbons (Fsp3) is 0.235. The van der Waals surface area contributed by atoms with Gasteiger partial charge in [-0.05, 0) is 30.3 Å². The van der Waals surface area contributed by atoms with Crippen LogP contribution >= 0.6 is 11.8 Å². The molecule has 9 heteroatoms. The first-order chi connectivity index (χ1) is 12.4. The van der Waals surface area contributed by atoms with E-state index in [0.717, 1.165) is 4.90 Å². The number of sulfonamides is 1. The molecular weight excluding hydrogens is 376 g/mol. The number of nitrogens with one attached hydrogen (secondary N) is 2. The smallest absolute Gasteiger partial charge is 0.261 e. The van der Waals surface area contributed by atoms with Crippen molar-refractivity contribution in [1.29, 1.82) is 0 Å². The lowest BCUT2D eigenvalue weighted by Crippen LogP contribution is -2.14. The van der Waals surface area contributed by atoms with Crippen LogP contribution in [0.25, 0.3) is 0 Å². The van der Waals surface area contributed by atoms with E-state index < -0.39 is 10.0 Å². The molecule has 0 bridgehead atoms. The van der Waals surface area contributed by atoms with Crippen LogP contribution in [0.3, 0.4) is 0 Å². The van der Waals surface area contributed by atoms with E-state index in [1.807, 2.05) is 0 Å². The maximum absolute atomic E-state index is 12.7. The molecule has 2 N–H and O–H groups in total. The highest BCUT2D eigenvalue weighted by Crippen LogP contribution is 2.34. The number of carbonyl (C=O) groups is 1. The molecular formula is C17H18N2O5S2. The van der Waals surface area contributed by atoms with E-state index in [1.54, 1.807) is 18.2 Å². The minimum absolute atomic E-state index is 0.0637. The second-order valence-corrected chi connectivity index (χ2v) is 8.30. The molecule has 3 rings (SSSR count). The van der Waals surface area contributed by atoms with Crippen molar-refractivity contribution in [2.45, 2.75) is 16.2 Å². The third kappa shape index (κ3) is 3.88. The van der Waals surface area contributed by atoms with Crippen molar-refractivity contribution < 1.29 is 22.7 Å². The maximum Gasteiger partial charge on any atom is 0.261 e. The van der Waals surface area contributed by atoms with Crippen LogP contribution in [0.4, 0.5) is 11.4 Å². The summed E-state index contributed by atoms with van der Waals surface area (Å²) in [6.07, 6.45) is 0.394. The van der Waals surface area contributed by atoms with Crippen LogP contribution in [0.15, 0.2) is 46.2 Å². The fourth-order valence-corrected chi connectivity index (χ4v) is 4.49. The second-order valence-electron chi connectivity index (χ2n) is 5.48. The van der Waals surface area contributed by atoms with Crippen LogP contribution < -0.4 is 19.5 Å². The number of methoxy groups -OCH3 is 2. The number of carbonyl (C=O) groups excluding carboxylic acids is 1. The van der Waals surface area contributed by atoms with Gasteiger partial charge in [0.15, 0.2) is 11.5 Å². The first-order valence-electron chi connectivity index (χ1n) is 7.74. The number of rotatable bonds is 5. The number of anilines is 2. The van der Waals surface area contributed by atoms with Gasteiger partial charge in [0.25, 0.3) is 10.0 Å². The van der Waals surface area contributed by atoms with Crippen LogP contribution in [0.1, 0.15) is 6.42 Å². The molecule has 26 heavy (non-hydrogen) atoms. The predicted octanol–water partition coefficient (Wildman–Crippen LogP) is 2.94. The molecule has 0 spiro atoms. The van der Waals surface area contributed by atoms with Crippen molar-refractivity contribution in [1.82, 2.24) is 0 Å². The zero-order valence-corrected chi connectivity index (χ0v) is 15.9. The molecule has 1 heterocycles. The largest absolute Gasteiger partial charge is 0.493 e. The van der Waals surface area contributed by atoms with Gasteiger partial charge < -0.3 is 14.8 Å².